The largest absolute Gasteiger partial charge is 0.480 e. The average molecular weight is 270 g/mol. The summed E-state index contributed by atoms with van der Waals surface area (Å²) in [7, 11) is 0. The van der Waals surface area contributed by atoms with Gasteiger partial charge in [-0.3, -0.25) is 14.6 Å². The summed E-state index contributed by atoms with van der Waals surface area (Å²) >= 11 is 0. The van der Waals surface area contributed by atoms with Crippen LogP contribution in [0.5, 0.6) is 0 Å². The third-order valence-electron chi connectivity index (χ3n) is 4.11. The molecular formula is C15H30N2O2. The molecule has 1 unspecified atom stereocenters. The predicted molar refractivity (Wildman–Crippen MR) is 78.5 cm³/mol. The van der Waals surface area contributed by atoms with Crippen LogP contribution in [0.3, 0.4) is 0 Å². The molecule has 0 saturated carbocycles. The van der Waals surface area contributed by atoms with E-state index in [4.69, 9.17) is 5.11 Å². The van der Waals surface area contributed by atoms with Gasteiger partial charge in [0.25, 0.3) is 0 Å². The normalized spacial score (nSPS) is 19.5. The number of nitrogens with zero attached hydrogens (tertiary/aromatic N) is 2. The molecule has 1 aliphatic heterocycles. The SMILES string of the molecule is CCCCCCCC(C)N1CCN(CC(=O)O)CC1. The number of piperazine rings is 1. The highest BCUT2D eigenvalue weighted by Crippen LogP contribution is 2.13. The van der Waals surface area contributed by atoms with Gasteiger partial charge in [0.15, 0.2) is 0 Å². The molecule has 1 saturated heterocycles. The Morgan fingerprint density at radius 1 is 1.11 bits per heavy atom. The first-order valence-electron chi connectivity index (χ1n) is 7.81. The molecule has 0 aromatic heterocycles. The van der Waals surface area contributed by atoms with E-state index in [9.17, 15) is 4.79 Å². The Morgan fingerprint density at radius 2 is 1.74 bits per heavy atom. The third kappa shape index (κ3) is 6.92. The molecule has 0 spiro atoms. The maximum atomic E-state index is 10.7. The van der Waals surface area contributed by atoms with Crippen molar-refractivity contribution in [3.8, 4) is 0 Å². The van der Waals surface area contributed by atoms with E-state index in [0.29, 0.717) is 6.04 Å². The molecule has 1 N–H and O–H groups in total. The van der Waals surface area contributed by atoms with Gasteiger partial charge in [-0.1, -0.05) is 39.0 Å². The van der Waals surface area contributed by atoms with E-state index < -0.39 is 5.97 Å². The zero-order valence-electron chi connectivity index (χ0n) is 12.6. The topological polar surface area (TPSA) is 43.8 Å². The zero-order valence-corrected chi connectivity index (χ0v) is 12.6. The third-order valence-corrected chi connectivity index (χ3v) is 4.11. The van der Waals surface area contributed by atoms with Crippen LogP contribution < -0.4 is 0 Å². The highest BCUT2D eigenvalue weighted by Gasteiger charge is 2.21. The van der Waals surface area contributed by atoms with E-state index >= 15 is 0 Å². The van der Waals surface area contributed by atoms with Gasteiger partial charge >= 0.3 is 5.97 Å². The minimum Gasteiger partial charge on any atom is -0.480 e. The predicted octanol–water partition coefficient (Wildman–Crippen LogP) is 2.44. The number of hydrogen-bond donors (Lipinski definition) is 1. The van der Waals surface area contributed by atoms with Crippen molar-refractivity contribution in [3.63, 3.8) is 0 Å². The van der Waals surface area contributed by atoms with Gasteiger partial charge in [0.2, 0.25) is 0 Å². The molecule has 4 nitrogen and oxygen atoms in total. The Hall–Kier alpha value is -0.610. The number of hydrogen-bond acceptors (Lipinski definition) is 3. The standard InChI is InChI=1S/C15H30N2O2/c1-3-4-5-6-7-8-14(2)17-11-9-16(10-12-17)13-15(18)19/h14H,3-13H2,1-2H3,(H,18,19). The number of carboxylic acid groups (broad SMARTS) is 1. The van der Waals surface area contributed by atoms with Crippen LogP contribution in [-0.4, -0.2) is 59.6 Å². The van der Waals surface area contributed by atoms with Crippen LogP contribution in [0.25, 0.3) is 0 Å². The van der Waals surface area contributed by atoms with Crippen molar-refractivity contribution in [1.29, 1.82) is 0 Å². The quantitative estimate of drug-likeness (QED) is 0.654. The first kappa shape index (κ1) is 16.4. The summed E-state index contributed by atoms with van der Waals surface area (Å²) in [4.78, 5) is 15.2. The molecule has 1 atom stereocenters. The van der Waals surface area contributed by atoms with Crippen LogP contribution >= 0.6 is 0 Å². The lowest BCUT2D eigenvalue weighted by Crippen LogP contribution is -2.50. The molecule has 0 aromatic rings. The monoisotopic (exact) mass is 270 g/mol. The minimum atomic E-state index is -0.711. The summed E-state index contributed by atoms with van der Waals surface area (Å²) in [6, 6.07) is 0.647. The second-order valence-electron chi connectivity index (χ2n) is 5.76. The van der Waals surface area contributed by atoms with E-state index in [1.807, 2.05) is 4.90 Å². The fourth-order valence-corrected chi connectivity index (χ4v) is 2.78. The van der Waals surface area contributed by atoms with Crippen molar-refractivity contribution >= 4 is 5.97 Å². The summed E-state index contributed by atoms with van der Waals surface area (Å²) in [5.74, 6) is -0.711. The Kier molecular flexibility index (Phi) is 8.07. The van der Waals surface area contributed by atoms with Gasteiger partial charge in [0.05, 0.1) is 6.54 Å². The van der Waals surface area contributed by atoms with Crippen LogP contribution in [0.4, 0.5) is 0 Å². The summed E-state index contributed by atoms with van der Waals surface area (Å²) in [5.41, 5.74) is 0. The van der Waals surface area contributed by atoms with E-state index in [1.165, 1.54) is 38.5 Å². The lowest BCUT2D eigenvalue weighted by Gasteiger charge is -2.37. The Bertz CT molecular complexity index is 251. The zero-order chi connectivity index (χ0) is 14.1. The molecule has 0 aliphatic carbocycles. The highest BCUT2D eigenvalue weighted by atomic mass is 16.4. The molecule has 1 fully saturated rings. The average Bonchev–Trinajstić information content (AvgIpc) is 2.38. The van der Waals surface area contributed by atoms with Gasteiger partial charge in [-0.25, -0.2) is 0 Å². The van der Waals surface area contributed by atoms with Crippen molar-refractivity contribution < 1.29 is 9.90 Å². The van der Waals surface area contributed by atoms with Crippen molar-refractivity contribution in [2.45, 2.75) is 58.4 Å². The van der Waals surface area contributed by atoms with Crippen LogP contribution in [-0.2, 0) is 4.79 Å². The molecule has 1 rings (SSSR count). The fraction of sp³-hybridized carbons (Fsp3) is 0.933. The Labute approximate surface area is 117 Å². The molecule has 4 heteroatoms. The van der Waals surface area contributed by atoms with Gasteiger partial charge in [-0.15, -0.1) is 0 Å². The van der Waals surface area contributed by atoms with Gasteiger partial charge < -0.3 is 5.11 Å². The molecule has 0 radical (unpaired) electrons. The molecular weight excluding hydrogens is 240 g/mol. The van der Waals surface area contributed by atoms with E-state index in [-0.39, 0.29) is 6.54 Å². The second-order valence-corrected chi connectivity index (χ2v) is 5.76. The lowest BCUT2D eigenvalue weighted by molar-refractivity contribution is -0.138. The fourth-order valence-electron chi connectivity index (χ4n) is 2.78. The number of aliphatic carboxylic acids is 1. The Morgan fingerprint density at radius 3 is 2.32 bits per heavy atom. The molecule has 1 heterocycles. The van der Waals surface area contributed by atoms with Gasteiger partial charge in [-0.05, 0) is 13.3 Å². The molecule has 112 valence electrons. The first-order valence-corrected chi connectivity index (χ1v) is 7.81. The van der Waals surface area contributed by atoms with E-state index in [1.54, 1.807) is 0 Å². The summed E-state index contributed by atoms with van der Waals surface area (Å²) < 4.78 is 0. The summed E-state index contributed by atoms with van der Waals surface area (Å²) in [5, 5.41) is 8.77. The first-order chi connectivity index (χ1) is 9.13. The van der Waals surface area contributed by atoms with E-state index in [2.05, 4.69) is 18.7 Å². The summed E-state index contributed by atoms with van der Waals surface area (Å²) in [6.45, 7) is 8.58. The maximum absolute atomic E-state index is 10.7. The van der Waals surface area contributed by atoms with Crippen molar-refractivity contribution in [3.05, 3.63) is 0 Å². The number of unbranched alkanes of at least 4 members (excludes halogenated alkanes) is 4. The molecule has 0 amide bonds. The number of rotatable bonds is 9. The van der Waals surface area contributed by atoms with Crippen molar-refractivity contribution in [2.75, 3.05) is 32.7 Å². The minimum absolute atomic E-state index is 0.194. The number of carbonyl (C=O) groups is 1. The van der Waals surface area contributed by atoms with Crippen LogP contribution in [0.1, 0.15) is 52.4 Å². The van der Waals surface area contributed by atoms with E-state index in [0.717, 1.165) is 26.2 Å². The summed E-state index contributed by atoms with van der Waals surface area (Å²) in [6.07, 6.45) is 8.01. The van der Waals surface area contributed by atoms with Crippen molar-refractivity contribution in [1.82, 2.24) is 9.80 Å². The molecule has 0 aromatic carbocycles. The van der Waals surface area contributed by atoms with Crippen LogP contribution in [0.15, 0.2) is 0 Å². The van der Waals surface area contributed by atoms with Crippen LogP contribution in [0, 0.1) is 0 Å². The maximum Gasteiger partial charge on any atom is 0.317 e. The van der Waals surface area contributed by atoms with Crippen LogP contribution in [0.2, 0.25) is 0 Å². The molecule has 1 aliphatic rings. The van der Waals surface area contributed by atoms with Gasteiger partial charge in [0.1, 0.15) is 0 Å². The highest BCUT2D eigenvalue weighted by molar-refractivity contribution is 5.69. The lowest BCUT2D eigenvalue weighted by atomic mass is 10.1. The molecule has 0 bridgehead atoms. The Balaban J connectivity index is 2.11. The second kappa shape index (κ2) is 9.32. The molecule has 19 heavy (non-hydrogen) atoms. The van der Waals surface area contributed by atoms with Gasteiger partial charge in [-0.2, -0.15) is 0 Å². The van der Waals surface area contributed by atoms with Gasteiger partial charge in [0, 0.05) is 32.2 Å². The van der Waals surface area contributed by atoms with Crippen molar-refractivity contribution in [2.24, 2.45) is 0 Å². The smallest absolute Gasteiger partial charge is 0.317 e. The number of carboxylic acids is 1.